The number of hydrogen-bond acceptors (Lipinski definition) is 2. The van der Waals surface area contributed by atoms with E-state index in [1.807, 2.05) is 0 Å². The molecule has 0 saturated heterocycles. The molecule has 0 amide bonds. The van der Waals surface area contributed by atoms with Gasteiger partial charge in [0.15, 0.2) is 0 Å². The summed E-state index contributed by atoms with van der Waals surface area (Å²) in [5, 5.41) is 3.66. The van der Waals surface area contributed by atoms with Crippen LogP contribution in [0.5, 0.6) is 0 Å². The maximum absolute atomic E-state index is 3.66. The maximum Gasteiger partial charge on any atom is 0.0843 e. The van der Waals surface area contributed by atoms with E-state index in [9.17, 15) is 0 Å². The molecule has 2 aromatic rings. The SMILES string of the molecule is CCCNC(c1cc(Br)c(Br)s1)c1cc(Br)ccc1C. The smallest absolute Gasteiger partial charge is 0.0843 e. The highest BCUT2D eigenvalue weighted by atomic mass is 79.9. The molecule has 1 unspecified atom stereocenters. The quantitative estimate of drug-likeness (QED) is 0.518. The Morgan fingerprint density at radius 1 is 1.20 bits per heavy atom. The van der Waals surface area contributed by atoms with Crippen molar-refractivity contribution in [2.75, 3.05) is 6.54 Å². The molecule has 0 saturated carbocycles. The Balaban J connectivity index is 2.43. The number of nitrogens with one attached hydrogen (secondary N) is 1. The van der Waals surface area contributed by atoms with Crippen LogP contribution < -0.4 is 5.32 Å². The number of benzene rings is 1. The lowest BCUT2D eigenvalue weighted by atomic mass is 10.00. The zero-order chi connectivity index (χ0) is 14.7. The Bertz CT molecular complexity index is 575. The van der Waals surface area contributed by atoms with E-state index >= 15 is 0 Å². The van der Waals surface area contributed by atoms with Crippen molar-refractivity contribution < 1.29 is 0 Å². The molecule has 20 heavy (non-hydrogen) atoms. The molecule has 5 heteroatoms. The van der Waals surface area contributed by atoms with Gasteiger partial charge >= 0.3 is 0 Å². The third-order valence-corrected chi connectivity index (χ3v) is 6.91. The van der Waals surface area contributed by atoms with Gasteiger partial charge in [0, 0.05) is 13.8 Å². The van der Waals surface area contributed by atoms with E-state index in [4.69, 9.17) is 0 Å². The highest BCUT2D eigenvalue weighted by molar-refractivity contribution is 9.13. The molecular formula is C15H16Br3NS. The van der Waals surface area contributed by atoms with Crippen LogP contribution in [-0.4, -0.2) is 6.54 Å². The molecule has 1 heterocycles. The standard InChI is InChI=1S/C15H16Br3NS/c1-3-6-19-14(13-8-12(17)15(18)20-13)11-7-10(16)5-4-9(11)2/h4-5,7-8,14,19H,3,6H2,1-2H3. The molecule has 1 aromatic heterocycles. The molecule has 1 nitrogen and oxygen atoms in total. The lowest BCUT2D eigenvalue weighted by molar-refractivity contribution is 0.603. The van der Waals surface area contributed by atoms with Gasteiger partial charge in [0.25, 0.3) is 0 Å². The van der Waals surface area contributed by atoms with Crippen molar-refractivity contribution in [1.29, 1.82) is 0 Å². The zero-order valence-corrected chi connectivity index (χ0v) is 16.9. The fraction of sp³-hybridized carbons (Fsp3) is 0.333. The monoisotopic (exact) mass is 479 g/mol. The van der Waals surface area contributed by atoms with Crippen molar-refractivity contribution in [2.45, 2.75) is 26.3 Å². The molecule has 1 aromatic carbocycles. The summed E-state index contributed by atoms with van der Waals surface area (Å²) in [7, 11) is 0. The summed E-state index contributed by atoms with van der Waals surface area (Å²) in [5.74, 6) is 0. The first-order valence-electron chi connectivity index (χ1n) is 6.47. The highest BCUT2D eigenvalue weighted by Gasteiger charge is 2.19. The van der Waals surface area contributed by atoms with Crippen LogP contribution in [0.4, 0.5) is 0 Å². The van der Waals surface area contributed by atoms with Crippen molar-refractivity contribution in [1.82, 2.24) is 5.32 Å². The van der Waals surface area contributed by atoms with Crippen LogP contribution in [0.15, 0.2) is 37.0 Å². The molecule has 108 valence electrons. The van der Waals surface area contributed by atoms with Crippen molar-refractivity contribution in [2.24, 2.45) is 0 Å². The molecule has 1 atom stereocenters. The van der Waals surface area contributed by atoms with Crippen molar-refractivity contribution in [3.8, 4) is 0 Å². The molecule has 2 rings (SSSR count). The topological polar surface area (TPSA) is 12.0 Å². The molecule has 0 bridgehead atoms. The van der Waals surface area contributed by atoms with Crippen LogP contribution in [0.2, 0.25) is 0 Å². The maximum atomic E-state index is 3.66. The van der Waals surface area contributed by atoms with E-state index in [0.717, 1.165) is 25.7 Å². The summed E-state index contributed by atoms with van der Waals surface area (Å²) in [6, 6.07) is 8.90. The van der Waals surface area contributed by atoms with Crippen molar-refractivity contribution >= 4 is 59.1 Å². The molecule has 0 spiro atoms. The van der Waals surface area contributed by atoms with E-state index in [-0.39, 0.29) is 6.04 Å². The summed E-state index contributed by atoms with van der Waals surface area (Å²) in [4.78, 5) is 1.32. The van der Waals surface area contributed by atoms with E-state index in [1.165, 1.54) is 16.0 Å². The first-order valence-corrected chi connectivity index (χ1v) is 9.66. The van der Waals surface area contributed by atoms with Gasteiger partial charge in [-0.2, -0.15) is 0 Å². The third-order valence-electron chi connectivity index (χ3n) is 3.10. The summed E-state index contributed by atoms with van der Waals surface area (Å²) in [6.45, 7) is 5.36. The third kappa shape index (κ3) is 3.95. The number of thiophene rings is 1. The predicted molar refractivity (Wildman–Crippen MR) is 98.7 cm³/mol. The van der Waals surface area contributed by atoms with Crippen LogP contribution in [0.3, 0.4) is 0 Å². The van der Waals surface area contributed by atoms with Gasteiger partial charge in [-0.1, -0.05) is 28.9 Å². The first-order chi connectivity index (χ1) is 9.52. The molecule has 0 aliphatic heterocycles. The second kappa shape index (κ2) is 7.54. The van der Waals surface area contributed by atoms with Crippen molar-refractivity contribution in [3.05, 3.63) is 53.0 Å². The van der Waals surface area contributed by atoms with Crippen LogP contribution in [0.1, 0.15) is 35.4 Å². The number of aryl methyl sites for hydroxylation is 1. The Labute approximate surface area is 149 Å². The molecular weight excluding hydrogens is 466 g/mol. The van der Waals surface area contributed by atoms with Gasteiger partial charge in [-0.15, -0.1) is 11.3 Å². The average molecular weight is 482 g/mol. The van der Waals surface area contributed by atoms with Crippen LogP contribution >= 0.6 is 59.1 Å². The van der Waals surface area contributed by atoms with Gasteiger partial charge in [-0.3, -0.25) is 0 Å². The lowest BCUT2D eigenvalue weighted by Crippen LogP contribution is -2.23. The summed E-state index contributed by atoms with van der Waals surface area (Å²) in [5.41, 5.74) is 2.64. The van der Waals surface area contributed by atoms with E-state index < -0.39 is 0 Å². The van der Waals surface area contributed by atoms with Gasteiger partial charge in [-0.05, 0) is 81.1 Å². The van der Waals surface area contributed by atoms with Crippen molar-refractivity contribution in [3.63, 3.8) is 0 Å². The van der Waals surface area contributed by atoms with Gasteiger partial charge in [0.2, 0.25) is 0 Å². The minimum absolute atomic E-state index is 0.236. The molecule has 1 N–H and O–H groups in total. The summed E-state index contributed by atoms with van der Waals surface area (Å²) in [6.07, 6.45) is 1.12. The van der Waals surface area contributed by atoms with Crippen LogP contribution in [0, 0.1) is 6.92 Å². The lowest BCUT2D eigenvalue weighted by Gasteiger charge is -2.20. The molecule has 0 aliphatic rings. The fourth-order valence-corrected chi connectivity index (χ4v) is 4.64. The normalized spacial score (nSPS) is 12.7. The van der Waals surface area contributed by atoms with E-state index in [2.05, 4.69) is 91.2 Å². The van der Waals surface area contributed by atoms with Gasteiger partial charge in [0.05, 0.1) is 9.83 Å². The molecule has 0 radical (unpaired) electrons. The Hall–Kier alpha value is 0.320. The van der Waals surface area contributed by atoms with Crippen LogP contribution in [-0.2, 0) is 0 Å². The Morgan fingerprint density at radius 3 is 2.55 bits per heavy atom. The predicted octanol–water partition coefficient (Wildman–Crippen LogP) is 6.43. The Morgan fingerprint density at radius 2 is 1.95 bits per heavy atom. The summed E-state index contributed by atoms with van der Waals surface area (Å²) < 4.78 is 3.38. The van der Waals surface area contributed by atoms with E-state index in [1.54, 1.807) is 11.3 Å². The second-order valence-electron chi connectivity index (χ2n) is 4.66. The number of halogens is 3. The number of rotatable bonds is 5. The van der Waals surface area contributed by atoms with Crippen LogP contribution in [0.25, 0.3) is 0 Å². The molecule has 0 aliphatic carbocycles. The number of hydrogen-bond donors (Lipinski definition) is 1. The van der Waals surface area contributed by atoms with Gasteiger partial charge in [0.1, 0.15) is 0 Å². The first kappa shape index (κ1) is 16.7. The van der Waals surface area contributed by atoms with Gasteiger partial charge < -0.3 is 5.32 Å². The minimum atomic E-state index is 0.236. The minimum Gasteiger partial charge on any atom is -0.306 e. The fourth-order valence-electron chi connectivity index (χ4n) is 2.08. The highest BCUT2D eigenvalue weighted by Crippen LogP contribution is 2.38. The second-order valence-corrected chi connectivity index (χ2v) is 8.83. The van der Waals surface area contributed by atoms with E-state index in [0.29, 0.717) is 0 Å². The van der Waals surface area contributed by atoms with Gasteiger partial charge in [-0.25, -0.2) is 0 Å². The summed E-state index contributed by atoms with van der Waals surface area (Å²) >= 11 is 12.5. The largest absolute Gasteiger partial charge is 0.306 e. The zero-order valence-electron chi connectivity index (χ0n) is 11.3. The molecule has 0 fully saturated rings. The average Bonchev–Trinajstić information content (AvgIpc) is 2.74. The Kier molecular flexibility index (Phi) is 6.29.